The van der Waals surface area contributed by atoms with Gasteiger partial charge in [-0.2, -0.15) is 0 Å². The maximum Gasteiger partial charge on any atom is 0.311 e. The third-order valence-corrected chi connectivity index (χ3v) is 3.56. The second-order valence-electron chi connectivity index (χ2n) is 5.17. The van der Waals surface area contributed by atoms with Gasteiger partial charge in [0.25, 0.3) is 0 Å². The van der Waals surface area contributed by atoms with Gasteiger partial charge in [0.1, 0.15) is 11.0 Å². The molecule has 0 radical (unpaired) electrons. The van der Waals surface area contributed by atoms with Gasteiger partial charge in [-0.05, 0) is 24.6 Å². The van der Waals surface area contributed by atoms with Gasteiger partial charge in [0.15, 0.2) is 0 Å². The van der Waals surface area contributed by atoms with Crippen molar-refractivity contribution in [1.29, 1.82) is 0 Å². The lowest BCUT2D eigenvalue weighted by Gasteiger charge is -2.23. The van der Waals surface area contributed by atoms with E-state index in [9.17, 15) is 10.1 Å². The highest BCUT2D eigenvalue weighted by atomic mass is 35.5. The summed E-state index contributed by atoms with van der Waals surface area (Å²) in [6.07, 6.45) is 1.66. The van der Waals surface area contributed by atoms with Crippen LogP contribution in [-0.2, 0) is 6.54 Å². The van der Waals surface area contributed by atoms with Crippen LogP contribution in [0, 0.1) is 10.1 Å². The molecule has 2 heterocycles. The SMILES string of the molecule is CCN(Cc1ccc(Cl)nc1)c1nc(N(C)C)ccc1[N+](=O)[O-]. The van der Waals surface area contributed by atoms with E-state index in [2.05, 4.69) is 9.97 Å². The second-order valence-corrected chi connectivity index (χ2v) is 5.55. The summed E-state index contributed by atoms with van der Waals surface area (Å²) >= 11 is 5.79. The molecule has 0 unspecified atom stereocenters. The number of halogens is 1. The molecule has 0 saturated carbocycles. The molecule has 0 aliphatic heterocycles. The Kier molecular flexibility index (Phi) is 5.33. The molecule has 0 atom stereocenters. The van der Waals surface area contributed by atoms with Crippen molar-refractivity contribution in [3.63, 3.8) is 0 Å². The van der Waals surface area contributed by atoms with E-state index in [4.69, 9.17) is 11.6 Å². The first-order valence-corrected chi connectivity index (χ1v) is 7.48. The highest BCUT2D eigenvalue weighted by molar-refractivity contribution is 6.29. The third kappa shape index (κ3) is 4.07. The Balaban J connectivity index is 2.40. The Morgan fingerprint density at radius 3 is 2.52 bits per heavy atom. The Hall–Kier alpha value is -2.41. The van der Waals surface area contributed by atoms with E-state index in [1.54, 1.807) is 18.3 Å². The summed E-state index contributed by atoms with van der Waals surface area (Å²) in [4.78, 5) is 23.0. The lowest BCUT2D eigenvalue weighted by atomic mass is 10.2. The van der Waals surface area contributed by atoms with Crippen LogP contribution < -0.4 is 9.80 Å². The molecule has 0 aliphatic carbocycles. The van der Waals surface area contributed by atoms with Crippen molar-refractivity contribution < 1.29 is 4.92 Å². The first-order chi connectivity index (χ1) is 10.9. The van der Waals surface area contributed by atoms with Gasteiger partial charge in [0, 0.05) is 39.4 Å². The van der Waals surface area contributed by atoms with Gasteiger partial charge in [-0.1, -0.05) is 17.7 Å². The van der Waals surface area contributed by atoms with Gasteiger partial charge in [0.2, 0.25) is 5.82 Å². The van der Waals surface area contributed by atoms with Gasteiger partial charge in [-0.3, -0.25) is 10.1 Å². The fourth-order valence-electron chi connectivity index (χ4n) is 2.11. The molecule has 2 aromatic rings. The van der Waals surface area contributed by atoms with Crippen LogP contribution in [-0.4, -0.2) is 35.5 Å². The van der Waals surface area contributed by atoms with Crippen molar-refractivity contribution in [2.24, 2.45) is 0 Å². The molecule has 2 rings (SSSR count). The van der Waals surface area contributed by atoms with Crippen LogP contribution in [0.1, 0.15) is 12.5 Å². The molecule has 122 valence electrons. The van der Waals surface area contributed by atoms with E-state index in [0.29, 0.717) is 29.9 Å². The van der Waals surface area contributed by atoms with Crippen LogP contribution in [0.5, 0.6) is 0 Å². The van der Waals surface area contributed by atoms with E-state index in [1.807, 2.05) is 36.9 Å². The molecule has 0 amide bonds. The van der Waals surface area contributed by atoms with Crippen LogP contribution in [0.2, 0.25) is 5.15 Å². The Morgan fingerprint density at radius 1 is 1.26 bits per heavy atom. The molecule has 8 heteroatoms. The molecule has 0 aromatic carbocycles. The molecule has 23 heavy (non-hydrogen) atoms. The number of rotatable bonds is 6. The van der Waals surface area contributed by atoms with Crippen LogP contribution in [0.25, 0.3) is 0 Å². The number of nitro groups is 1. The molecule has 2 aromatic heterocycles. The summed E-state index contributed by atoms with van der Waals surface area (Å²) in [5.41, 5.74) is 0.891. The minimum atomic E-state index is -0.412. The Labute approximate surface area is 139 Å². The second kappa shape index (κ2) is 7.23. The van der Waals surface area contributed by atoms with Gasteiger partial charge in [-0.15, -0.1) is 0 Å². The van der Waals surface area contributed by atoms with Crippen LogP contribution in [0.3, 0.4) is 0 Å². The highest BCUT2D eigenvalue weighted by Gasteiger charge is 2.22. The van der Waals surface area contributed by atoms with Crippen molar-refractivity contribution in [3.8, 4) is 0 Å². The molecule has 0 aliphatic rings. The van der Waals surface area contributed by atoms with Crippen LogP contribution >= 0.6 is 11.6 Å². The third-order valence-electron chi connectivity index (χ3n) is 3.34. The average molecular weight is 336 g/mol. The van der Waals surface area contributed by atoms with Crippen molar-refractivity contribution >= 4 is 28.9 Å². The number of hydrogen-bond acceptors (Lipinski definition) is 6. The molecule has 0 spiro atoms. The lowest BCUT2D eigenvalue weighted by Crippen LogP contribution is -2.25. The van der Waals surface area contributed by atoms with Crippen molar-refractivity contribution in [3.05, 3.63) is 51.3 Å². The van der Waals surface area contributed by atoms with E-state index >= 15 is 0 Å². The molecule has 0 saturated heterocycles. The lowest BCUT2D eigenvalue weighted by molar-refractivity contribution is -0.384. The van der Waals surface area contributed by atoms with Crippen molar-refractivity contribution in [2.75, 3.05) is 30.4 Å². The van der Waals surface area contributed by atoms with Crippen LogP contribution in [0.15, 0.2) is 30.5 Å². The normalized spacial score (nSPS) is 10.4. The number of aromatic nitrogens is 2. The molecular formula is C15H18ClN5O2. The Morgan fingerprint density at radius 2 is 2.00 bits per heavy atom. The zero-order chi connectivity index (χ0) is 17.0. The molecule has 0 N–H and O–H groups in total. The summed E-state index contributed by atoms with van der Waals surface area (Å²) in [6.45, 7) is 2.97. The number of nitrogens with zero attached hydrogens (tertiary/aromatic N) is 5. The minimum absolute atomic E-state index is 0.0145. The summed E-state index contributed by atoms with van der Waals surface area (Å²) < 4.78 is 0. The van der Waals surface area contributed by atoms with Gasteiger partial charge < -0.3 is 9.80 Å². The first-order valence-electron chi connectivity index (χ1n) is 7.10. The smallest absolute Gasteiger partial charge is 0.311 e. The predicted octanol–water partition coefficient (Wildman–Crippen LogP) is 3.13. The van der Waals surface area contributed by atoms with Gasteiger partial charge in [0.05, 0.1) is 4.92 Å². The van der Waals surface area contributed by atoms with Crippen molar-refractivity contribution in [1.82, 2.24) is 9.97 Å². The zero-order valence-corrected chi connectivity index (χ0v) is 14.0. The zero-order valence-electron chi connectivity index (χ0n) is 13.2. The van der Waals surface area contributed by atoms with Crippen LogP contribution in [0.4, 0.5) is 17.3 Å². The van der Waals surface area contributed by atoms with Crippen molar-refractivity contribution in [2.45, 2.75) is 13.5 Å². The first kappa shape index (κ1) is 17.0. The fourth-order valence-corrected chi connectivity index (χ4v) is 2.22. The van der Waals surface area contributed by atoms with E-state index in [-0.39, 0.29) is 5.69 Å². The van der Waals surface area contributed by atoms with Gasteiger partial charge >= 0.3 is 5.69 Å². The fraction of sp³-hybridized carbons (Fsp3) is 0.333. The summed E-state index contributed by atoms with van der Waals surface area (Å²) in [6, 6.07) is 6.67. The highest BCUT2D eigenvalue weighted by Crippen LogP contribution is 2.29. The topological polar surface area (TPSA) is 75.4 Å². The minimum Gasteiger partial charge on any atom is -0.363 e. The Bertz CT molecular complexity index is 691. The molecule has 7 nitrogen and oxygen atoms in total. The monoisotopic (exact) mass is 335 g/mol. The van der Waals surface area contributed by atoms with E-state index in [1.165, 1.54) is 6.07 Å². The summed E-state index contributed by atoms with van der Waals surface area (Å²) in [5.74, 6) is 1.01. The van der Waals surface area contributed by atoms with E-state index < -0.39 is 4.92 Å². The largest absolute Gasteiger partial charge is 0.363 e. The molecule has 0 fully saturated rings. The standard InChI is InChI=1S/C15H18ClN5O2/c1-4-20(10-11-5-7-13(16)17-9-11)15-12(21(22)23)6-8-14(18-15)19(2)3/h5-9H,4,10H2,1-3H3. The molecule has 0 bridgehead atoms. The predicted molar refractivity (Wildman–Crippen MR) is 91.2 cm³/mol. The number of hydrogen-bond donors (Lipinski definition) is 0. The summed E-state index contributed by atoms with van der Waals surface area (Å²) in [5, 5.41) is 11.7. The summed E-state index contributed by atoms with van der Waals surface area (Å²) in [7, 11) is 3.69. The quantitative estimate of drug-likeness (QED) is 0.458. The number of pyridine rings is 2. The van der Waals surface area contributed by atoms with E-state index in [0.717, 1.165) is 5.56 Å². The van der Waals surface area contributed by atoms with Gasteiger partial charge in [-0.25, -0.2) is 9.97 Å². The average Bonchev–Trinajstić information content (AvgIpc) is 2.53. The maximum atomic E-state index is 11.3. The number of anilines is 2. The maximum absolute atomic E-state index is 11.3. The molecular weight excluding hydrogens is 318 g/mol.